The lowest BCUT2D eigenvalue weighted by Gasteiger charge is -2.20. The molecule has 8 nitrogen and oxygen atoms in total. The van der Waals surface area contributed by atoms with Gasteiger partial charge in [0, 0.05) is 6.20 Å². The Morgan fingerprint density at radius 3 is 2.59 bits per heavy atom. The molecule has 1 rings (SSSR count). The summed E-state index contributed by atoms with van der Waals surface area (Å²) >= 11 is 0. The molecule has 0 aliphatic rings. The Balaban J connectivity index is 2.48. The maximum atomic E-state index is 12.9. The Hall–Kier alpha value is -1.28. The molecule has 1 aromatic rings. The molecule has 1 heterocycles. The van der Waals surface area contributed by atoms with Gasteiger partial charge < -0.3 is 24.3 Å². The minimum absolute atomic E-state index is 0.0137. The van der Waals surface area contributed by atoms with E-state index in [0.29, 0.717) is 0 Å². The average molecular weight is 337 g/mol. The van der Waals surface area contributed by atoms with Gasteiger partial charge in [0.05, 0.1) is 13.2 Å². The zero-order chi connectivity index (χ0) is 16.4. The first-order valence-electron chi connectivity index (χ1n) is 6.80. The Morgan fingerprint density at radius 1 is 1.36 bits per heavy atom. The lowest BCUT2D eigenvalue weighted by Crippen LogP contribution is -2.25. The van der Waals surface area contributed by atoms with Crippen LogP contribution in [0.1, 0.15) is 13.8 Å². The Labute approximate surface area is 128 Å². The second kappa shape index (κ2) is 9.68. The Morgan fingerprint density at radius 2 is 2.05 bits per heavy atom. The standard InChI is InChI=1S/C12H21FN3O5P/c1-3-20-22(17,21-4-2)9-19-10(7-13)8-18-12-15-6-5-11(14)16-12/h5-6,10H,3-4,7-9H2,1-2H3,(H2,14,15,16)/t10-/m1/s1. The predicted octanol–water partition coefficient (Wildman–Crippen LogP) is 2.02. The first kappa shape index (κ1) is 18.8. The van der Waals surface area contributed by atoms with E-state index >= 15 is 0 Å². The number of halogens is 1. The van der Waals surface area contributed by atoms with Crippen LogP contribution in [-0.4, -0.2) is 48.9 Å². The lowest BCUT2D eigenvalue weighted by molar-refractivity contribution is 0.0160. The van der Waals surface area contributed by atoms with Crippen LogP contribution < -0.4 is 10.5 Å². The fourth-order valence-corrected chi connectivity index (χ4v) is 2.83. The van der Waals surface area contributed by atoms with Gasteiger partial charge in [0.2, 0.25) is 0 Å². The third-order valence-electron chi connectivity index (χ3n) is 2.35. The first-order valence-corrected chi connectivity index (χ1v) is 8.52. The number of hydrogen-bond donors (Lipinski definition) is 1. The van der Waals surface area contributed by atoms with E-state index < -0.39 is 20.4 Å². The number of aromatic nitrogens is 2. The maximum Gasteiger partial charge on any atom is 0.356 e. The number of hydrogen-bond acceptors (Lipinski definition) is 8. The van der Waals surface area contributed by atoms with Crippen molar-refractivity contribution >= 4 is 13.4 Å². The molecule has 10 heteroatoms. The average Bonchev–Trinajstić information content (AvgIpc) is 2.48. The molecule has 0 aromatic carbocycles. The highest BCUT2D eigenvalue weighted by atomic mass is 31.2. The Bertz CT molecular complexity index is 484. The van der Waals surface area contributed by atoms with Gasteiger partial charge in [-0.25, -0.2) is 9.37 Å². The van der Waals surface area contributed by atoms with Crippen molar-refractivity contribution < 1.29 is 27.5 Å². The number of nitrogens with zero attached hydrogens (tertiary/aromatic N) is 2. The van der Waals surface area contributed by atoms with Crippen molar-refractivity contribution in [3.63, 3.8) is 0 Å². The SMILES string of the molecule is CCOP(=O)(CO[C@H](CF)COc1nccc(N)n1)OCC. The second-order valence-electron chi connectivity index (χ2n) is 4.09. The molecule has 1 atom stereocenters. The third-order valence-corrected chi connectivity index (χ3v) is 4.11. The van der Waals surface area contributed by atoms with Crippen molar-refractivity contribution in [2.45, 2.75) is 20.0 Å². The van der Waals surface area contributed by atoms with Crippen molar-refractivity contribution in [1.82, 2.24) is 9.97 Å². The van der Waals surface area contributed by atoms with Gasteiger partial charge in [0.15, 0.2) is 0 Å². The summed E-state index contributed by atoms with van der Waals surface area (Å²) < 4.78 is 45.6. The van der Waals surface area contributed by atoms with Crippen LogP contribution in [0.5, 0.6) is 6.01 Å². The van der Waals surface area contributed by atoms with Gasteiger partial charge in [-0.05, 0) is 19.9 Å². The fourth-order valence-electron chi connectivity index (χ4n) is 1.43. The monoisotopic (exact) mass is 337 g/mol. The summed E-state index contributed by atoms with van der Waals surface area (Å²) in [6.07, 6.45) is 0.116. The molecular weight excluding hydrogens is 316 g/mol. The fraction of sp³-hybridized carbons (Fsp3) is 0.667. The molecular formula is C12H21FN3O5P. The molecule has 0 aliphatic carbocycles. The van der Waals surface area contributed by atoms with Gasteiger partial charge in [0.1, 0.15) is 31.6 Å². The molecule has 0 bridgehead atoms. The molecule has 0 amide bonds. The van der Waals surface area contributed by atoms with Gasteiger partial charge >= 0.3 is 13.6 Å². The van der Waals surface area contributed by atoms with E-state index in [1.807, 2.05) is 0 Å². The molecule has 0 radical (unpaired) electrons. The van der Waals surface area contributed by atoms with E-state index in [1.165, 1.54) is 12.3 Å². The topological polar surface area (TPSA) is 106 Å². The zero-order valence-electron chi connectivity index (χ0n) is 12.6. The molecule has 0 saturated carbocycles. The van der Waals surface area contributed by atoms with Crippen molar-refractivity contribution in [3.05, 3.63) is 12.3 Å². The predicted molar refractivity (Wildman–Crippen MR) is 78.5 cm³/mol. The quantitative estimate of drug-likeness (QED) is 0.611. The maximum absolute atomic E-state index is 12.9. The normalized spacial score (nSPS) is 13.0. The molecule has 0 fully saturated rings. The molecule has 0 unspecified atom stereocenters. The molecule has 1 aromatic heterocycles. The third kappa shape index (κ3) is 6.65. The number of alkyl halides is 1. The molecule has 0 spiro atoms. The molecule has 2 N–H and O–H groups in total. The number of nitrogen functional groups attached to an aromatic ring is 1. The van der Waals surface area contributed by atoms with Crippen LogP contribution in [0.2, 0.25) is 0 Å². The van der Waals surface area contributed by atoms with Gasteiger partial charge in [0.25, 0.3) is 0 Å². The van der Waals surface area contributed by atoms with Gasteiger partial charge in [-0.1, -0.05) is 0 Å². The van der Waals surface area contributed by atoms with Gasteiger partial charge in [-0.15, -0.1) is 0 Å². The van der Waals surface area contributed by atoms with E-state index in [9.17, 15) is 8.96 Å². The summed E-state index contributed by atoms with van der Waals surface area (Å²) in [4.78, 5) is 7.63. The smallest absolute Gasteiger partial charge is 0.356 e. The zero-order valence-corrected chi connectivity index (χ0v) is 13.5. The van der Waals surface area contributed by atoms with Crippen molar-refractivity contribution in [2.75, 3.05) is 38.6 Å². The molecule has 0 saturated heterocycles. The summed E-state index contributed by atoms with van der Waals surface area (Å²) in [5.74, 6) is 0.236. The number of rotatable bonds is 11. The minimum Gasteiger partial charge on any atom is -0.461 e. The lowest BCUT2D eigenvalue weighted by atomic mass is 10.4. The van der Waals surface area contributed by atoms with E-state index in [-0.39, 0.29) is 38.0 Å². The van der Waals surface area contributed by atoms with Crippen LogP contribution in [0.15, 0.2) is 12.3 Å². The highest BCUT2D eigenvalue weighted by molar-refractivity contribution is 7.53. The second-order valence-corrected chi connectivity index (χ2v) is 6.09. The summed E-state index contributed by atoms with van der Waals surface area (Å²) in [5.41, 5.74) is 5.47. The van der Waals surface area contributed by atoms with Crippen LogP contribution in [0.3, 0.4) is 0 Å². The van der Waals surface area contributed by atoms with Crippen molar-refractivity contribution in [1.29, 1.82) is 0 Å². The molecule has 0 aliphatic heterocycles. The van der Waals surface area contributed by atoms with E-state index in [4.69, 9.17) is 24.3 Å². The summed E-state index contributed by atoms with van der Waals surface area (Å²) in [7, 11) is -3.39. The van der Waals surface area contributed by atoms with Gasteiger partial charge in [-0.2, -0.15) is 4.98 Å². The van der Waals surface area contributed by atoms with Crippen molar-refractivity contribution in [2.24, 2.45) is 0 Å². The van der Waals surface area contributed by atoms with Crippen LogP contribution in [0.25, 0.3) is 0 Å². The summed E-state index contributed by atoms with van der Waals surface area (Å²) in [6.45, 7) is 2.78. The van der Waals surface area contributed by atoms with Gasteiger partial charge in [-0.3, -0.25) is 4.57 Å². The van der Waals surface area contributed by atoms with E-state index in [1.54, 1.807) is 13.8 Å². The molecule has 22 heavy (non-hydrogen) atoms. The van der Waals surface area contributed by atoms with Crippen LogP contribution in [0, 0.1) is 0 Å². The summed E-state index contributed by atoms with van der Waals surface area (Å²) in [5, 5.41) is 0. The van der Waals surface area contributed by atoms with E-state index in [2.05, 4.69) is 9.97 Å². The van der Waals surface area contributed by atoms with Crippen molar-refractivity contribution in [3.8, 4) is 6.01 Å². The Kier molecular flexibility index (Phi) is 8.26. The highest BCUT2D eigenvalue weighted by Gasteiger charge is 2.26. The first-order chi connectivity index (χ1) is 10.5. The van der Waals surface area contributed by atoms with Crippen LogP contribution in [-0.2, 0) is 18.3 Å². The van der Waals surface area contributed by atoms with E-state index in [0.717, 1.165) is 0 Å². The number of ether oxygens (including phenoxy) is 2. The summed E-state index contributed by atoms with van der Waals surface area (Å²) in [6, 6.07) is 1.51. The largest absolute Gasteiger partial charge is 0.461 e. The van der Waals surface area contributed by atoms with Crippen LogP contribution in [0.4, 0.5) is 10.2 Å². The number of anilines is 1. The molecule has 126 valence electrons. The minimum atomic E-state index is -3.39. The highest BCUT2D eigenvalue weighted by Crippen LogP contribution is 2.48. The van der Waals surface area contributed by atoms with Crippen LogP contribution >= 0.6 is 7.60 Å². The number of nitrogens with two attached hydrogens (primary N) is 1.